The highest BCUT2D eigenvalue weighted by atomic mass is 127. The summed E-state index contributed by atoms with van der Waals surface area (Å²) in [6.45, 7) is 1.77. The van der Waals surface area contributed by atoms with Crippen LogP contribution in [0.3, 0.4) is 0 Å². The van der Waals surface area contributed by atoms with Crippen LogP contribution in [0.4, 0.5) is 4.39 Å². The fourth-order valence-corrected chi connectivity index (χ4v) is 4.06. The second-order valence-electron chi connectivity index (χ2n) is 3.82. The predicted molar refractivity (Wildman–Crippen MR) is 86.2 cm³/mol. The van der Waals surface area contributed by atoms with E-state index >= 15 is 0 Å². The molecule has 0 saturated heterocycles. The summed E-state index contributed by atoms with van der Waals surface area (Å²) in [5.74, 6) is -1.95. The van der Waals surface area contributed by atoms with E-state index in [1.165, 1.54) is 12.1 Å². The van der Waals surface area contributed by atoms with Gasteiger partial charge in [0.05, 0.1) is 22.8 Å². The molecule has 1 atom stereocenters. The summed E-state index contributed by atoms with van der Waals surface area (Å²) >= 11 is 5.84. The standard InChI is InChI=1S/C11H10FINO4PS/c1-2-18-19(17)10-7-6(4-3-5(13)8(7)12)14(20)9(10)11(15)16/h3-4,19-20H,2H2,1H3,(H,15,16). The molecule has 0 fully saturated rings. The lowest BCUT2D eigenvalue weighted by Crippen LogP contribution is -2.13. The van der Waals surface area contributed by atoms with Gasteiger partial charge >= 0.3 is 5.97 Å². The molecule has 5 nitrogen and oxygen atoms in total. The summed E-state index contributed by atoms with van der Waals surface area (Å²) in [6.07, 6.45) is 0. The van der Waals surface area contributed by atoms with Crippen molar-refractivity contribution in [2.45, 2.75) is 6.92 Å². The maximum absolute atomic E-state index is 14.3. The third kappa shape index (κ3) is 2.49. The van der Waals surface area contributed by atoms with E-state index in [0.29, 0.717) is 3.57 Å². The molecule has 108 valence electrons. The highest BCUT2D eigenvalue weighted by Crippen LogP contribution is 2.34. The number of carboxylic acid groups (broad SMARTS) is 1. The minimum atomic E-state index is -2.88. The summed E-state index contributed by atoms with van der Waals surface area (Å²) in [6, 6.07) is 3.03. The summed E-state index contributed by atoms with van der Waals surface area (Å²) in [7, 11) is -2.88. The van der Waals surface area contributed by atoms with Crippen LogP contribution in [-0.4, -0.2) is 21.7 Å². The van der Waals surface area contributed by atoms with Crippen molar-refractivity contribution in [1.29, 1.82) is 0 Å². The summed E-state index contributed by atoms with van der Waals surface area (Å²) in [5.41, 5.74) is -0.0849. The predicted octanol–water partition coefficient (Wildman–Crippen LogP) is 2.91. The molecule has 0 aliphatic carbocycles. The highest BCUT2D eigenvalue weighted by Gasteiger charge is 2.28. The number of fused-ring (bicyclic) bond motifs is 1. The molecule has 0 radical (unpaired) electrons. The number of thiol groups is 1. The van der Waals surface area contributed by atoms with E-state index in [2.05, 4.69) is 12.8 Å². The van der Waals surface area contributed by atoms with Crippen LogP contribution in [0.5, 0.6) is 0 Å². The topological polar surface area (TPSA) is 68.5 Å². The van der Waals surface area contributed by atoms with Crippen LogP contribution in [-0.2, 0) is 9.09 Å². The molecule has 0 spiro atoms. The van der Waals surface area contributed by atoms with Gasteiger partial charge in [0.1, 0.15) is 5.82 Å². The average Bonchev–Trinajstić information content (AvgIpc) is 2.68. The average molecular weight is 429 g/mol. The van der Waals surface area contributed by atoms with Crippen LogP contribution in [0.2, 0.25) is 0 Å². The van der Waals surface area contributed by atoms with Gasteiger partial charge in [-0.05, 0) is 41.6 Å². The first kappa shape index (κ1) is 15.8. The van der Waals surface area contributed by atoms with Crippen LogP contribution in [0, 0.1) is 9.39 Å². The number of hydrogen-bond acceptors (Lipinski definition) is 4. The van der Waals surface area contributed by atoms with E-state index in [1.807, 2.05) is 0 Å². The molecular weight excluding hydrogens is 419 g/mol. The minimum Gasteiger partial charge on any atom is -0.477 e. The second kappa shape index (κ2) is 6.05. The normalized spacial score (nSPS) is 12.8. The zero-order valence-electron chi connectivity index (χ0n) is 10.2. The van der Waals surface area contributed by atoms with E-state index in [1.54, 1.807) is 29.5 Å². The largest absolute Gasteiger partial charge is 0.477 e. The summed E-state index contributed by atoms with van der Waals surface area (Å²) in [5, 5.41) is 9.11. The van der Waals surface area contributed by atoms with Gasteiger partial charge in [-0.1, -0.05) is 12.8 Å². The van der Waals surface area contributed by atoms with Crippen molar-refractivity contribution in [3.63, 3.8) is 0 Å². The van der Waals surface area contributed by atoms with Crippen LogP contribution >= 0.6 is 43.4 Å². The minimum absolute atomic E-state index is 0.0124. The Hall–Kier alpha value is -0.570. The fourth-order valence-electron chi connectivity index (χ4n) is 1.90. The van der Waals surface area contributed by atoms with Crippen molar-refractivity contribution < 1.29 is 23.4 Å². The first-order valence-corrected chi connectivity index (χ1v) is 8.31. The van der Waals surface area contributed by atoms with E-state index in [9.17, 15) is 18.9 Å². The molecule has 0 amide bonds. The van der Waals surface area contributed by atoms with Crippen molar-refractivity contribution in [1.82, 2.24) is 3.97 Å². The van der Waals surface area contributed by atoms with Gasteiger partial charge in [0.15, 0.2) is 5.69 Å². The molecule has 0 aliphatic heterocycles. The van der Waals surface area contributed by atoms with Crippen LogP contribution in [0.1, 0.15) is 17.4 Å². The Morgan fingerprint density at radius 1 is 1.60 bits per heavy atom. The van der Waals surface area contributed by atoms with Crippen molar-refractivity contribution in [2.24, 2.45) is 0 Å². The zero-order valence-corrected chi connectivity index (χ0v) is 14.2. The Bertz CT molecular complexity index is 733. The number of aromatic nitrogens is 1. The monoisotopic (exact) mass is 429 g/mol. The first-order valence-electron chi connectivity index (χ1n) is 5.52. The molecule has 1 aromatic heterocycles. The first-order chi connectivity index (χ1) is 9.40. The third-order valence-corrected chi connectivity index (χ3v) is 5.38. The Kier molecular flexibility index (Phi) is 4.78. The van der Waals surface area contributed by atoms with E-state index in [0.717, 1.165) is 3.97 Å². The van der Waals surface area contributed by atoms with Gasteiger partial charge in [0.25, 0.3) is 0 Å². The lowest BCUT2D eigenvalue weighted by molar-refractivity contribution is 0.0691. The van der Waals surface area contributed by atoms with Gasteiger partial charge in [-0.25, -0.2) is 9.18 Å². The SMILES string of the molecule is CCO[PH](=O)c1c(C(=O)O)n(S)c2ccc(I)c(F)c12. The maximum Gasteiger partial charge on any atom is 0.354 e. The van der Waals surface area contributed by atoms with Gasteiger partial charge in [-0.15, -0.1) is 0 Å². The highest BCUT2D eigenvalue weighted by molar-refractivity contribution is 14.1. The number of rotatable bonds is 4. The molecule has 9 heteroatoms. The van der Waals surface area contributed by atoms with E-state index in [-0.39, 0.29) is 28.5 Å². The maximum atomic E-state index is 14.3. The Morgan fingerprint density at radius 3 is 2.80 bits per heavy atom. The lowest BCUT2D eigenvalue weighted by atomic mass is 10.2. The smallest absolute Gasteiger partial charge is 0.354 e. The van der Waals surface area contributed by atoms with E-state index < -0.39 is 19.8 Å². The number of carbonyl (C=O) groups is 1. The fraction of sp³-hybridized carbons (Fsp3) is 0.182. The molecule has 1 N–H and O–H groups in total. The molecular formula is C11H10FINO4PS. The Morgan fingerprint density at radius 2 is 2.25 bits per heavy atom. The van der Waals surface area contributed by atoms with Gasteiger partial charge in [0, 0.05) is 3.57 Å². The Labute approximate surface area is 133 Å². The number of aromatic carboxylic acids is 1. The molecule has 1 aromatic carbocycles. The van der Waals surface area contributed by atoms with Gasteiger partial charge < -0.3 is 9.63 Å². The van der Waals surface area contributed by atoms with E-state index in [4.69, 9.17) is 4.52 Å². The second-order valence-corrected chi connectivity index (χ2v) is 6.74. The molecule has 0 saturated carbocycles. The summed E-state index contributed by atoms with van der Waals surface area (Å²) < 4.78 is 32.8. The number of carboxylic acids is 1. The molecule has 1 unspecified atom stereocenters. The van der Waals surface area contributed by atoms with Crippen molar-refractivity contribution in [3.8, 4) is 0 Å². The van der Waals surface area contributed by atoms with Gasteiger partial charge in [0.2, 0.25) is 8.03 Å². The molecule has 20 heavy (non-hydrogen) atoms. The van der Waals surface area contributed by atoms with Crippen LogP contribution in [0.15, 0.2) is 12.1 Å². The zero-order chi connectivity index (χ0) is 15.0. The van der Waals surface area contributed by atoms with Crippen LogP contribution < -0.4 is 5.30 Å². The molecule has 0 bridgehead atoms. The number of hydrogen-bond donors (Lipinski definition) is 2. The van der Waals surface area contributed by atoms with Crippen LogP contribution in [0.25, 0.3) is 10.9 Å². The number of nitrogens with zero attached hydrogens (tertiary/aromatic N) is 1. The van der Waals surface area contributed by atoms with Gasteiger partial charge in [-0.3, -0.25) is 8.54 Å². The molecule has 2 aromatic rings. The summed E-state index contributed by atoms with van der Waals surface area (Å²) in [4.78, 5) is 11.3. The van der Waals surface area contributed by atoms with Crippen molar-refractivity contribution >= 4 is 65.6 Å². The van der Waals surface area contributed by atoms with Crippen molar-refractivity contribution in [3.05, 3.63) is 27.2 Å². The quantitative estimate of drug-likeness (QED) is 0.446. The van der Waals surface area contributed by atoms with Crippen molar-refractivity contribution in [2.75, 3.05) is 6.61 Å². The number of benzene rings is 1. The van der Waals surface area contributed by atoms with Gasteiger partial charge in [-0.2, -0.15) is 0 Å². The lowest BCUT2D eigenvalue weighted by Gasteiger charge is -2.03. The Balaban J connectivity index is 2.93. The molecule has 0 aliphatic rings. The number of halogens is 2. The third-order valence-electron chi connectivity index (χ3n) is 2.68. The molecule has 2 rings (SSSR count). The molecule has 1 heterocycles.